The lowest BCUT2D eigenvalue weighted by Crippen LogP contribution is -1.93. The van der Waals surface area contributed by atoms with Crippen LogP contribution in [0.4, 0.5) is 0 Å². The van der Waals surface area contributed by atoms with E-state index in [0.29, 0.717) is 0 Å². The summed E-state index contributed by atoms with van der Waals surface area (Å²) >= 11 is 0. The van der Waals surface area contributed by atoms with E-state index >= 15 is 0 Å². The van der Waals surface area contributed by atoms with Gasteiger partial charge in [0.2, 0.25) is 0 Å². The predicted octanol–water partition coefficient (Wildman–Crippen LogP) is 2.51. The molecule has 70 valence electrons. The first-order chi connectivity index (χ1) is 6.24. The van der Waals surface area contributed by atoms with Crippen LogP contribution in [0, 0.1) is 0 Å². The van der Waals surface area contributed by atoms with Gasteiger partial charge in [-0.05, 0) is 0 Å². The number of hydrogen-bond donors (Lipinski definition) is 0. The summed E-state index contributed by atoms with van der Waals surface area (Å²) in [6, 6.07) is 10.2. The van der Waals surface area contributed by atoms with Crippen molar-refractivity contribution in [3.8, 4) is 0 Å². The predicted molar refractivity (Wildman–Crippen MR) is 60.6 cm³/mol. The summed E-state index contributed by atoms with van der Waals surface area (Å²) in [7, 11) is 1.98. The molecule has 0 amide bonds. The Hall–Kier alpha value is -0.890. The maximum absolute atomic E-state index is 5.32. The third kappa shape index (κ3) is 3.15. The van der Waals surface area contributed by atoms with Gasteiger partial charge in [0.05, 0.1) is 7.11 Å². The van der Waals surface area contributed by atoms with E-state index < -0.39 is 0 Å². The van der Waals surface area contributed by atoms with Crippen LogP contribution in [-0.4, -0.2) is 19.6 Å². The fourth-order valence-corrected chi connectivity index (χ4v) is 1.71. The fraction of sp³-hybridized carbons (Fsp3) is 0.273. The molecule has 0 aliphatic heterocycles. The number of hydrogen-bond acceptors (Lipinski definition) is 1. The van der Waals surface area contributed by atoms with E-state index in [1.54, 1.807) is 7.11 Å². The molecule has 1 aromatic carbocycles. The lowest BCUT2D eigenvalue weighted by atomic mass is 10.2. The molecule has 1 rings (SSSR count). The minimum Gasteiger partial charge on any atom is -0.492 e. The smallest absolute Gasteiger partial charge is 0.173 e. The molecule has 0 saturated heterocycles. The van der Waals surface area contributed by atoms with Crippen LogP contribution in [-0.2, 0) is 15.6 Å². The van der Waals surface area contributed by atoms with Crippen LogP contribution in [0.15, 0.2) is 35.7 Å². The molecule has 13 heavy (non-hydrogen) atoms. The van der Waals surface area contributed by atoms with Crippen molar-refractivity contribution in [1.29, 1.82) is 0 Å². The molecule has 0 aliphatic carbocycles. The molecule has 0 aromatic heterocycles. The Balaban J connectivity index is 2.91. The molecule has 1 nitrogen and oxygen atoms in total. The third-order valence-corrected chi connectivity index (χ3v) is 2.31. The van der Waals surface area contributed by atoms with Gasteiger partial charge in [0, 0.05) is 16.5 Å². The summed E-state index contributed by atoms with van der Waals surface area (Å²) in [4.78, 5) is 0. The molecule has 0 fully saturated rings. The zero-order valence-corrected chi connectivity index (χ0v) is 9.10. The zero-order valence-electron chi connectivity index (χ0n) is 8.28. The molecule has 0 saturated carbocycles. The summed E-state index contributed by atoms with van der Waals surface area (Å²) in [6.07, 6.45) is 4.34. The molecule has 0 atom stereocenters. The van der Waals surface area contributed by atoms with E-state index in [2.05, 4.69) is 30.1 Å². The first kappa shape index (κ1) is 10.2. The summed E-state index contributed by atoms with van der Waals surface area (Å²) < 4.78 is 5.32. The monoisotopic (exact) mass is 195 g/mol. The highest BCUT2D eigenvalue weighted by Gasteiger charge is 2.05. The van der Waals surface area contributed by atoms with E-state index in [9.17, 15) is 0 Å². The second-order valence-corrected chi connectivity index (χ2v) is 4.93. The standard InChI is InChI=1S/C11H15OS/c1-12-11(9-13(2)3)10-7-5-4-6-8-10/h4-9H,1-3H3/q+1/b11-9+. The highest BCUT2D eigenvalue weighted by molar-refractivity contribution is 7.98. The van der Waals surface area contributed by atoms with Gasteiger partial charge in [-0.2, -0.15) is 0 Å². The van der Waals surface area contributed by atoms with Crippen molar-refractivity contribution in [2.45, 2.75) is 0 Å². The van der Waals surface area contributed by atoms with Gasteiger partial charge in [0.15, 0.2) is 11.2 Å². The molecule has 1 aromatic rings. The van der Waals surface area contributed by atoms with Crippen LogP contribution in [0.25, 0.3) is 5.76 Å². The average Bonchev–Trinajstić information content (AvgIpc) is 2.15. The van der Waals surface area contributed by atoms with Crippen molar-refractivity contribution in [3.63, 3.8) is 0 Å². The van der Waals surface area contributed by atoms with Gasteiger partial charge in [0.1, 0.15) is 12.5 Å². The quantitative estimate of drug-likeness (QED) is 0.532. The van der Waals surface area contributed by atoms with E-state index in [1.165, 1.54) is 0 Å². The van der Waals surface area contributed by atoms with Crippen LogP contribution >= 0.6 is 0 Å². The number of ether oxygens (including phenoxy) is 1. The van der Waals surface area contributed by atoms with Gasteiger partial charge in [-0.3, -0.25) is 0 Å². The van der Waals surface area contributed by atoms with E-state index in [-0.39, 0.29) is 10.9 Å². The number of benzene rings is 1. The number of rotatable bonds is 3. The van der Waals surface area contributed by atoms with E-state index in [0.717, 1.165) is 11.3 Å². The Morgan fingerprint density at radius 3 is 2.31 bits per heavy atom. The molecular weight excluding hydrogens is 180 g/mol. The molecule has 0 bridgehead atoms. The molecule has 0 N–H and O–H groups in total. The second-order valence-electron chi connectivity index (χ2n) is 2.93. The average molecular weight is 195 g/mol. The maximum atomic E-state index is 5.32. The highest BCUT2D eigenvalue weighted by atomic mass is 32.2. The molecule has 0 heterocycles. The Bertz CT molecular complexity index is 277. The Morgan fingerprint density at radius 2 is 1.85 bits per heavy atom. The van der Waals surface area contributed by atoms with Gasteiger partial charge in [-0.15, -0.1) is 0 Å². The van der Waals surface area contributed by atoms with Crippen molar-refractivity contribution in [2.75, 3.05) is 19.6 Å². The Kier molecular flexibility index (Phi) is 3.90. The van der Waals surface area contributed by atoms with Crippen molar-refractivity contribution in [3.05, 3.63) is 41.3 Å². The minimum absolute atomic E-state index is 0.267. The molecule has 0 unspecified atom stereocenters. The molecule has 0 aliphatic rings. The van der Waals surface area contributed by atoms with Gasteiger partial charge in [-0.25, -0.2) is 0 Å². The van der Waals surface area contributed by atoms with Crippen LogP contribution < -0.4 is 0 Å². The van der Waals surface area contributed by atoms with Gasteiger partial charge in [0.25, 0.3) is 0 Å². The van der Waals surface area contributed by atoms with Crippen LogP contribution in [0.1, 0.15) is 5.56 Å². The van der Waals surface area contributed by atoms with Crippen molar-refractivity contribution in [1.82, 2.24) is 0 Å². The van der Waals surface area contributed by atoms with E-state index in [1.807, 2.05) is 18.2 Å². The topological polar surface area (TPSA) is 9.23 Å². The first-order valence-electron chi connectivity index (χ1n) is 4.11. The lowest BCUT2D eigenvalue weighted by Gasteiger charge is -2.03. The SMILES string of the molecule is CO/C(=C/[S+](C)C)c1ccccc1. The Morgan fingerprint density at radius 1 is 1.23 bits per heavy atom. The fourth-order valence-electron chi connectivity index (χ4n) is 1.05. The molecule has 2 heteroatoms. The maximum Gasteiger partial charge on any atom is 0.173 e. The second kappa shape index (κ2) is 4.97. The van der Waals surface area contributed by atoms with Crippen LogP contribution in [0.3, 0.4) is 0 Å². The van der Waals surface area contributed by atoms with Crippen molar-refractivity contribution >= 4 is 16.7 Å². The first-order valence-corrected chi connectivity index (χ1v) is 6.22. The van der Waals surface area contributed by atoms with Gasteiger partial charge < -0.3 is 4.74 Å². The van der Waals surface area contributed by atoms with Gasteiger partial charge in [-0.1, -0.05) is 30.3 Å². The molecule has 0 spiro atoms. The van der Waals surface area contributed by atoms with Crippen LogP contribution in [0.2, 0.25) is 0 Å². The van der Waals surface area contributed by atoms with Crippen molar-refractivity contribution < 1.29 is 4.74 Å². The van der Waals surface area contributed by atoms with E-state index in [4.69, 9.17) is 4.74 Å². The van der Waals surface area contributed by atoms with Crippen LogP contribution in [0.5, 0.6) is 0 Å². The highest BCUT2D eigenvalue weighted by Crippen LogP contribution is 2.15. The summed E-state index contributed by atoms with van der Waals surface area (Å²) in [5.74, 6) is 0.967. The number of methoxy groups -OCH3 is 1. The largest absolute Gasteiger partial charge is 0.492 e. The lowest BCUT2D eigenvalue weighted by molar-refractivity contribution is 0.371. The normalized spacial score (nSPS) is 11.8. The summed E-state index contributed by atoms with van der Waals surface area (Å²) in [6.45, 7) is 0. The molecular formula is C11H15OS+. The zero-order chi connectivity index (χ0) is 9.68. The molecule has 0 radical (unpaired) electrons. The minimum atomic E-state index is 0.267. The Labute approximate surface area is 82.8 Å². The summed E-state index contributed by atoms with van der Waals surface area (Å²) in [5, 5.41) is 2.15. The summed E-state index contributed by atoms with van der Waals surface area (Å²) in [5.41, 5.74) is 1.14. The third-order valence-electron chi connectivity index (χ3n) is 1.62. The van der Waals surface area contributed by atoms with Gasteiger partial charge >= 0.3 is 0 Å². The van der Waals surface area contributed by atoms with Crippen molar-refractivity contribution in [2.24, 2.45) is 0 Å².